The predicted octanol–water partition coefficient (Wildman–Crippen LogP) is 3.25. The number of hydrogen-bond acceptors (Lipinski definition) is 4. The molecule has 0 radical (unpaired) electrons. The van der Waals surface area contributed by atoms with Crippen LogP contribution in [0.15, 0.2) is 0 Å². The molecule has 0 saturated carbocycles. The van der Waals surface area contributed by atoms with Gasteiger partial charge in [-0.1, -0.05) is 27.7 Å². The molecule has 0 aliphatic rings. The lowest BCUT2D eigenvalue weighted by Crippen LogP contribution is -2.16. The second-order valence-corrected chi connectivity index (χ2v) is 6.51. The monoisotopic (exact) mass is 295 g/mol. The Bertz CT molecular complexity index is 380. The highest BCUT2D eigenvalue weighted by Gasteiger charge is 2.12. The van der Waals surface area contributed by atoms with Crippen LogP contribution in [0.4, 0.5) is 0 Å². The molecule has 0 amide bonds. The van der Waals surface area contributed by atoms with E-state index in [1.165, 1.54) is 22.7 Å². The summed E-state index contributed by atoms with van der Waals surface area (Å²) in [4.78, 5) is 9.58. The Morgan fingerprint density at radius 1 is 1.10 bits per heavy atom. The Kier molecular flexibility index (Phi) is 8.15. The maximum absolute atomic E-state index is 4.79. The standard InChI is InChI=1S/C16H29N3S/c1-6-14-13(8-9-17-5)15(7-2)19-16(18-14)11-20-10-12(3)4/h12,17H,6-11H2,1-5H3. The second-order valence-electron chi connectivity index (χ2n) is 5.48. The third-order valence-electron chi connectivity index (χ3n) is 3.20. The van der Waals surface area contributed by atoms with Crippen LogP contribution in [-0.2, 0) is 25.0 Å². The molecule has 1 aromatic heterocycles. The van der Waals surface area contributed by atoms with E-state index in [0.717, 1.165) is 43.3 Å². The smallest absolute Gasteiger partial charge is 0.138 e. The van der Waals surface area contributed by atoms with E-state index in [4.69, 9.17) is 9.97 Å². The Balaban J connectivity index is 2.87. The summed E-state index contributed by atoms with van der Waals surface area (Å²) in [5.74, 6) is 3.85. The van der Waals surface area contributed by atoms with Crippen molar-refractivity contribution < 1.29 is 0 Å². The van der Waals surface area contributed by atoms with Crippen LogP contribution >= 0.6 is 11.8 Å². The zero-order valence-electron chi connectivity index (χ0n) is 13.6. The van der Waals surface area contributed by atoms with Gasteiger partial charge >= 0.3 is 0 Å². The highest BCUT2D eigenvalue weighted by molar-refractivity contribution is 7.98. The average Bonchev–Trinajstić information content (AvgIpc) is 2.44. The van der Waals surface area contributed by atoms with Gasteiger partial charge in [-0.25, -0.2) is 9.97 Å². The number of thioether (sulfide) groups is 1. The summed E-state index contributed by atoms with van der Waals surface area (Å²) in [5.41, 5.74) is 3.85. The summed E-state index contributed by atoms with van der Waals surface area (Å²) in [5, 5.41) is 3.22. The second kappa shape index (κ2) is 9.35. The van der Waals surface area contributed by atoms with Crippen LogP contribution in [0.5, 0.6) is 0 Å². The first-order valence-electron chi connectivity index (χ1n) is 7.72. The molecule has 0 unspecified atom stereocenters. The van der Waals surface area contributed by atoms with Crippen LogP contribution in [0.3, 0.4) is 0 Å². The maximum Gasteiger partial charge on any atom is 0.138 e. The number of nitrogens with zero attached hydrogens (tertiary/aromatic N) is 2. The minimum absolute atomic E-state index is 0.728. The van der Waals surface area contributed by atoms with Crippen molar-refractivity contribution in [3.8, 4) is 0 Å². The predicted molar refractivity (Wildman–Crippen MR) is 89.4 cm³/mol. The van der Waals surface area contributed by atoms with Crippen LogP contribution in [-0.4, -0.2) is 29.3 Å². The lowest BCUT2D eigenvalue weighted by molar-refractivity contribution is 0.745. The van der Waals surface area contributed by atoms with E-state index in [1.807, 2.05) is 18.8 Å². The summed E-state index contributed by atoms with van der Waals surface area (Å²) in [7, 11) is 2.00. The molecule has 1 N–H and O–H groups in total. The molecule has 0 saturated heterocycles. The molecule has 0 aromatic carbocycles. The molecular weight excluding hydrogens is 266 g/mol. The van der Waals surface area contributed by atoms with Crippen molar-refractivity contribution in [1.29, 1.82) is 0 Å². The van der Waals surface area contributed by atoms with Gasteiger partial charge < -0.3 is 5.32 Å². The van der Waals surface area contributed by atoms with Crippen LogP contribution < -0.4 is 5.32 Å². The fourth-order valence-electron chi connectivity index (χ4n) is 2.21. The molecule has 3 nitrogen and oxygen atoms in total. The SMILES string of the molecule is CCc1nc(CSCC(C)C)nc(CC)c1CCNC. The van der Waals surface area contributed by atoms with Crippen molar-refractivity contribution in [2.75, 3.05) is 19.3 Å². The molecule has 4 heteroatoms. The zero-order valence-corrected chi connectivity index (χ0v) is 14.4. The van der Waals surface area contributed by atoms with Crippen LogP contribution in [0, 0.1) is 5.92 Å². The van der Waals surface area contributed by atoms with Gasteiger partial charge in [0.15, 0.2) is 0 Å². The Labute approximate surface area is 128 Å². The summed E-state index contributed by atoms with van der Waals surface area (Å²) >= 11 is 1.94. The van der Waals surface area contributed by atoms with Crippen molar-refractivity contribution in [2.45, 2.75) is 52.7 Å². The van der Waals surface area contributed by atoms with Crippen molar-refractivity contribution in [2.24, 2.45) is 5.92 Å². The molecule has 0 spiro atoms. The van der Waals surface area contributed by atoms with E-state index >= 15 is 0 Å². The van der Waals surface area contributed by atoms with Gasteiger partial charge in [-0.2, -0.15) is 11.8 Å². The Hall–Kier alpha value is -0.610. The lowest BCUT2D eigenvalue weighted by atomic mass is 10.0. The average molecular weight is 295 g/mol. The highest BCUT2D eigenvalue weighted by Crippen LogP contribution is 2.18. The molecule has 0 aliphatic carbocycles. The molecule has 1 heterocycles. The van der Waals surface area contributed by atoms with Gasteiger partial charge in [-0.15, -0.1) is 0 Å². The van der Waals surface area contributed by atoms with Gasteiger partial charge in [0.05, 0.1) is 5.75 Å². The van der Waals surface area contributed by atoms with Crippen molar-refractivity contribution >= 4 is 11.8 Å². The van der Waals surface area contributed by atoms with E-state index in [-0.39, 0.29) is 0 Å². The number of likely N-dealkylation sites (N-methyl/N-ethyl adjacent to an activating group) is 1. The van der Waals surface area contributed by atoms with Crippen molar-refractivity contribution in [3.05, 3.63) is 22.8 Å². The fraction of sp³-hybridized carbons (Fsp3) is 0.750. The Morgan fingerprint density at radius 3 is 2.15 bits per heavy atom. The normalized spacial score (nSPS) is 11.3. The topological polar surface area (TPSA) is 37.8 Å². The third-order valence-corrected chi connectivity index (χ3v) is 4.57. The molecule has 0 bridgehead atoms. The summed E-state index contributed by atoms with van der Waals surface area (Å²) in [6.07, 6.45) is 3.02. The van der Waals surface area contributed by atoms with E-state index < -0.39 is 0 Å². The minimum Gasteiger partial charge on any atom is -0.319 e. The summed E-state index contributed by atoms with van der Waals surface area (Å²) in [6, 6.07) is 0. The maximum atomic E-state index is 4.79. The van der Waals surface area contributed by atoms with Crippen LogP contribution in [0.2, 0.25) is 0 Å². The summed E-state index contributed by atoms with van der Waals surface area (Å²) < 4.78 is 0. The summed E-state index contributed by atoms with van der Waals surface area (Å²) in [6.45, 7) is 9.88. The third kappa shape index (κ3) is 5.41. The van der Waals surface area contributed by atoms with Gasteiger partial charge in [-0.05, 0) is 50.1 Å². The van der Waals surface area contributed by atoms with Crippen LogP contribution in [0.25, 0.3) is 0 Å². The minimum atomic E-state index is 0.728. The zero-order chi connectivity index (χ0) is 15.0. The molecule has 0 aliphatic heterocycles. The Morgan fingerprint density at radius 2 is 1.70 bits per heavy atom. The fourth-order valence-corrected chi connectivity index (χ4v) is 3.11. The van der Waals surface area contributed by atoms with Gasteiger partial charge in [0.2, 0.25) is 0 Å². The molecule has 1 aromatic rings. The van der Waals surface area contributed by atoms with E-state index in [1.54, 1.807) is 0 Å². The van der Waals surface area contributed by atoms with Gasteiger partial charge in [0.1, 0.15) is 5.82 Å². The first-order valence-corrected chi connectivity index (χ1v) is 8.87. The highest BCUT2D eigenvalue weighted by atomic mass is 32.2. The lowest BCUT2D eigenvalue weighted by Gasteiger charge is -2.14. The number of aryl methyl sites for hydroxylation is 2. The molecular formula is C16H29N3S. The van der Waals surface area contributed by atoms with E-state index in [9.17, 15) is 0 Å². The number of nitrogens with one attached hydrogen (secondary N) is 1. The molecule has 1 rings (SSSR count). The largest absolute Gasteiger partial charge is 0.319 e. The van der Waals surface area contributed by atoms with Crippen molar-refractivity contribution in [3.63, 3.8) is 0 Å². The van der Waals surface area contributed by atoms with E-state index in [0.29, 0.717) is 0 Å². The van der Waals surface area contributed by atoms with Crippen LogP contribution in [0.1, 0.15) is 50.5 Å². The van der Waals surface area contributed by atoms with Crippen molar-refractivity contribution in [1.82, 2.24) is 15.3 Å². The van der Waals surface area contributed by atoms with Gasteiger partial charge in [-0.3, -0.25) is 0 Å². The number of aromatic nitrogens is 2. The first-order chi connectivity index (χ1) is 9.62. The number of rotatable bonds is 9. The molecule has 114 valence electrons. The quantitative estimate of drug-likeness (QED) is 0.759. The molecule has 20 heavy (non-hydrogen) atoms. The van der Waals surface area contributed by atoms with Gasteiger partial charge in [0.25, 0.3) is 0 Å². The van der Waals surface area contributed by atoms with Gasteiger partial charge in [0, 0.05) is 11.4 Å². The van der Waals surface area contributed by atoms with E-state index in [2.05, 4.69) is 33.0 Å². The molecule has 0 fully saturated rings. The first kappa shape index (κ1) is 17.4. The number of hydrogen-bond donors (Lipinski definition) is 1. The molecule has 0 atom stereocenters.